The molecule has 0 aromatic rings. The molecule has 0 unspecified atom stereocenters. The van der Waals surface area contributed by atoms with Crippen molar-refractivity contribution >= 4 is 19.9 Å². The molecule has 0 saturated heterocycles. The first-order valence-electron chi connectivity index (χ1n) is 5.29. The number of rotatable bonds is 1. The molecule has 0 fully saturated rings. The average Bonchev–Trinajstić information content (AvgIpc) is 2.50. The number of carbonyl (C=O) groups is 2. The fourth-order valence-corrected chi connectivity index (χ4v) is 2.17. The van der Waals surface area contributed by atoms with Crippen LogP contribution in [0.5, 0.6) is 0 Å². The summed E-state index contributed by atoms with van der Waals surface area (Å²) in [5.41, 5.74) is 11.9. The molecular weight excluding hydrogens is 354 g/mol. The minimum Gasteiger partial charge on any atom is -1.00 e. The van der Waals surface area contributed by atoms with E-state index in [9.17, 15) is 0 Å². The molecule has 0 spiro atoms. The Bertz CT molecular complexity index is 310. The second-order valence-electron chi connectivity index (χ2n) is 4.56. The van der Waals surface area contributed by atoms with Crippen molar-refractivity contribution in [2.75, 3.05) is 0 Å². The van der Waals surface area contributed by atoms with Gasteiger partial charge in [-0.1, -0.05) is 19.6 Å². The second-order valence-corrected chi connectivity index (χ2v) is 9.60. The maximum absolute atomic E-state index is 9.11. The topological polar surface area (TPSA) is 81.7 Å². The smallest absolute Gasteiger partial charge is 1.00 e. The van der Waals surface area contributed by atoms with Crippen LogP contribution in [0.1, 0.15) is 20.3 Å². The number of amides is 2. The van der Waals surface area contributed by atoms with E-state index in [4.69, 9.17) is 21.1 Å². The van der Waals surface area contributed by atoms with Crippen LogP contribution >= 0.6 is 0 Å². The van der Waals surface area contributed by atoms with Crippen molar-refractivity contribution in [3.63, 3.8) is 0 Å². The Kier molecular flexibility index (Phi) is 26.9. The first kappa shape index (κ1) is 31.9. The van der Waals surface area contributed by atoms with Gasteiger partial charge in [0.25, 0.3) is 0 Å². The van der Waals surface area contributed by atoms with E-state index in [1.54, 1.807) is 0 Å². The summed E-state index contributed by atoms with van der Waals surface area (Å²) in [7, 11) is -1.01. The zero-order valence-electron chi connectivity index (χ0n) is 12.4. The van der Waals surface area contributed by atoms with Crippen LogP contribution in [-0.2, 0) is 28.1 Å². The van der Waals surface area contributed by atoms with Crippen molar-refractivity contribution in [1.29, 1.82) is 0 Å². The summed E-state index contributed by atoms with van der Waals surface area (Å²) < 4.78 is 0. The monoisotopic (exact) mass is 374 g/mol. The van der Waals surface area contributed by atoms with Gasteiger partial charge in [0.1, 0.15) is 0 Å². The van der Waals surface area contributed by atoms with Gasteiger partial charge in [-0.3, -0.25) is 6.08 Å². The Balaban J connectivity index is -0.0000000597. The summed E-state index contributed by atoms with van der Waals surface area (Å²) in [5, 5.41) is 1.49. The van der Waals surface area contributed by atoms with Crippen molar-refractivity contribution in [2.24, 2.45) is 0 Å². The Labute approximate surface area is 147 Å². The molecule has 0 heterocycles. The predicted octanol–water partition coefficient (Wildman–Crippen LogP) is -2.27. The van der Waals surface area contributed by atoms with Crippen LogP contribution in [0.25, 0.3) is 11.5 Å². The molecular formula is C12H21Cl2N2O2SiV-3. The summed E-state index contributed by atoms with van der Waals surface area (Å²) in [5.74, 6) is -1.17. The Morgan fingerprint density at radius 1 is 1.10 bits per heavy atom. The molecule has 8 heteroatoms. The van der Waals surface area contributed by atoms with Crippen LogP contribution in [0.15, 0.2) is 17.3 Å². The first-order chi connectivity index (χ1) is 7.57. The van der Waals surface area contributed by atoms with Crippen LogP contribution in [0, 0.1) is 6.08 Å². The van der Waals surface area contributed by atoms with Crippen molar-refractivity contribution in [2.45, 2.75) is 39.9 Å². The fourth-order valence-electron chi connectivity index (χ4n) is 0.920. The molecule has 1 aliphatic carbocycles. The zero-order chi connectivity index (χ0) is 14.1. The van der Waals surface area contributed by atoms with Gasteiger partial charge in [-0.25, -0.2) is 11.3 Å². The van der Waals surface area contributed by atoms with E-state index in [2.05, 4.69) is 37.9 Å². The quantitative estimate of drug-likeness (QED) is 0.383. The van der Waals surface area contributed by atoms with Crippen LogP contribution in [0.2, 0.25) is 19.6 Å². The van der Waals surface area contributed by atoms with Gasteiger partial charge in [-0.2, -0.15) is 6.08 Å². The Hall–Kier alpha value is -0.199. The summed E-state index contributed by atoms with van der Waals surface area (Å²) >= 11 is 0. The molecule has 0 atom stereocenters. The summed E-state index contributed by atoms with van der Waals surface area (Å²) in [6.07, 6.45) is 8.82. The minimum absolute atomic E-state index is 0. The van der Waals surface area contributed by atoms with Crippen LogP contribution in [-0.4, -0.2) is 19.9 Å². The first-order valence-corrected chi connectivity index (χ1v) is 8.79. The average molecular weight is 375 g/mol. The molecule has 0 aromatic carbocycles. The van der Waals surface area contributed by atoms with Crippen LogP contribution in [0.3, 0.4) is 0 Å². The Morgan fingerprint density at radius 2 is 1.40 bits per heavy atom. The molecule has 1 radical (unpaired) electrons. The van der Waals surface area contributed by atoms with Gasteiger partial charge in [0, 0.05) is 19.9 Å². The van der Waals surface area contributed by atoms with E-state index in [1.807, 2.05) is 0 Å². The van der Waals surface area contributed by atoms with Gasteiger partial charge in [-0.05, 0) is 13.8 Å². The third-order valence-corrected chi connectivity index (χ3v) is 3.46. The van der Waals surface area contributed by atoms with Crippen LogP contribution < -0.4 is 24.8 Å². The molecule has 2 amide bonds. The van der Waals surface area contributed by atoms with Crippen LogP contribution in [0.4, 0.5) is 0 Å². The van der Waals surface area contributed by atoms with E-state index in [0.29, 0.717) is 0 Å². The number of carbonyl (C=O) groups excluding carboxylic acids is 2. The number of hydrogen-bond acceptors (Lipinski definition) is 2. The van der Waals surface area contributed by atoms with Gasteiger partial charge in [0.15, 0.2) is 0 Å². The van der Waals surface area contributed by atoms with Crippen molar-refractivity contribution in [1.82, 2.24) is 0 Å². The molecule has 0 aliphatic heterocycles. The molecule has 1 rings (SSSR count). The predicted molar refractivity (Wildman–Crippen MR) is 73.9 cm³/mol. The molecule has 20 heavy (non-hydrogen) atoms. The van der Waals surface area contributed by atoms with E-state index >= 15 is 0 Å². The second kappa shape index (κ2) is 16.9. The maximum Gasteiger partial charge on any atom is 2.00 e. The van der Waals surface area contributed by atoms with Crippen molar-refractivity contribution in [3.8, 4) is 0 Å². The van der Waals surface area contributed by atoms with Gasteiger partial charge in [0.05, 0.1) is 0 Å². The van der Waals surface area contributed by atoms with E-state index in [1.165, 1.54) is 19.0 Å². The maximum atomic E-state index is 9.11. The number of hydrogen-bond donors (Lipinski definition) is 0. The third-order valence-electron chi connectivity index (χ3n) is 1.50. The third kappa shape index (κ3) is 30.7. The van der Waals surface area contributed by atoms with E-state index in [-0.39, 0.29) is 43.4 Å². The zero-order valence-corrected chi connectivity index (χ0v) is 16.3. The normalized spacial score (nSPS) is 10.8. The molecule has 2 N–H and O–H groups in total. The molecule has 4 nitrogen and oxygen atoms in total. The molecule has 0 saturated carbocycles. The SMILES string of the molecule is CC([NH-])=O.CC([NH-])=O.C[Si](C)(C)C1=[C-]CC=C1.[Cl-].[Cl-].[V+2]. The largest absolute Gasteiger partial charge is 2.00 e. The summed E-state index contributed by atoms with van der Waals surface area (Å²) in [6, 6.07) is 0. The molecule has 1 aliphatic rings. The van der Waals surface area contributed by atoms with Gasteiger partial charge in [0.2, 0.25) is 0 Å². The van der Waals surface area contributed by atoms with Gasteiger partial charge < -0.3 is 45.9 Å². The standard InChI is InChI=1S/C8H13Si.2C2H5NO.2ClH.V/c1-9(2,3)8-6-4-5-7-8;2*1-2(3)4;;;/h4,6H,5H2,1-3H3;2*1H3,(H2,3,4);2*1H;/q-1;;;;;+2/p-4. The summed E-state index contributed by atoms with van der Waals surface area (Å²) in [6.45, 7) is 9.45. The minimum atomic E-state index is -1.01. The van der Waals surface area contributed by atoms with Gasteiger partial charge in [-0.15, -0.1) is 6.42 Å². The number of allylic oxidation sites excluding steroid dienone is 4. The molecule has 0 bridgehead atoms. The molecule has 0 aromatic heterocycles. The van der Waals surface area contributed by atoms with E-state index in [0.717, 1.165) is 6.42 Å². The summed E-state index contributed by atoms with van der Waals surface area (Å²) in [4.78, 5) is 18.2. The van der Waals surface area contributed by atoms with Crippen molar-refractivity contribution in [3.05, 3.63) is 34.9 Å². The number of nitrogens with one attached hydrogen (secondary N) is 2. The molecule has 117 valence electrons. The number of halogens is 2. The Morgan fingerprint density at radius 3 is 1.50 bits per heavy atom. The fraction of sp³-hybridized carbons (Fsp3) is 0.500. The van der Waals surface area contributed by atoms with E-state index < -0.39 is 19.9 Å². The van der Waals surface area contributed by atoms with Gasteiger partial charge >= 0.3 is 18.6 Å². The van der Waals surface area contributed by atoms with Crippen molar-refractivity contribution < 1.29 is 53.0 Å².